The van der Waals surface area contributed by atoms with E-state index in [2.05, 4.69) is 0 Å². The first-order chi connectivity index (χ1) is 7.86. The van der Waals surface area contributed by atoms with Gasteiger partial charge >= 0.3 is 0 Å². The molecule has 0 N–H and O–H groups in total. The van der Waals surface area contributed by atoms with E-state index >= 15 is 0 Å². The molecule has 0 spiro atoms. The van der Waals surface area contributed by atoms with Gasteiger partial charge in [-0.2, -0.15) is 0 Å². The van der Waals surface area contributed by atoms with Crippen LogP contribution in [-0.4, -0.2) is 0 Å². The van der Waals surface area contributed by atoms with Gasteiger partial charge < -0.3 is 4.42 Å². The highest BCUT2D eigenvalue weighted by molar-refractivity contribution is 5.77. The third-order valence-electron chi connectivity index (χ3n) is 3.31. The lowest BCUT2D eigenvalue weighted by Gasteiger charge is -2.05. The molecule has 1 heterocycles. The standard InChI is InChI=1S/C14H14O2/c15-14-10-6-2-1-3-8-12(10)16-13-9-5-4-7-11(13)14/h4-5,7,9H,1-3,6,8H2. The number of benzene rings is 1. The van der Waals surface area contributed by atoms with Gasteiger partial charge in [0, 0.05) is 12.0 Å². The van der Waals surface area contributed by atoms with Crippen LogP contribution in [0.15, 0.2) is 33.5 Å². The molecule has 1 aliphatic rings. The van der Waals surface area contributed by atoms with Crippen LogP contribution < -0.4 is 5.43 Å². The minimum atomic E-state index is 0.179. The zero-order chi connectivity index (χ0) is 11.0. The van der Waals surface area contributed by atoms with Crippen LogP contribution in [0.3, 0.4) is 0 Å². The van der Waals surface area contributed by atoms with E-state index in [0.717, 1.165) is 48.0 Å². The average Bonchev–Trinajstić information content (AvgIpc) is 2.55. The van der Waals surface area contributed by atoms with Crippen LogP contribution in [0.25, 0.3) is 11.0 Å². The molecule has 16 heavy (non-hydrogen) atoms. The maximum absolute atomic E-state index is 12.3. The van der Waals surface area contributed by atoms with Crippen molar-refractivity contribution in [2.24, 2.45) is 0 Å². The first kappa shape index (κ1) is 9.64. The van der Waals surface area contributed by atoms with E-state index in [0.29, 0.717) is 0 Å². The predicted octanol–water partition coefficient (Wildman–Crippen LogP) is 3.06. The van der Waals surface area contributed by atoms with Crippen LogP contribution in [0, 0.1) is 0 Å². The molecule has 0 unspecified atom stereocenters. The van der Waals surface area contributed by atoms with Gasteiger partial charge in [0.2, 0.25) is 0 Å². The normalized spacial score (nSPS) is 15.8. The third-order valence-corrected chi connectivity index (χ3v) is 3.31. The van der Waals surface area contributed by atoms with Gasteiger partial charge in [-0.25, -0.2) is 0 Å². The molecule has 2 aromatic rings. The Morgan fingerprint density at radius 2 is 1.81 bits per heavy atom. The highest BCUT2D eigenvalue weighted by Gasteiger charge is 2.15. The molecule has 0 aliphatic heterocycles. The smallest absolute Gasteiger partial charge is 0.196 e. The van der Waals surface area contributed by atoms with Gasteiger partial charge in [-0.3, -0.25) is 4.79 Å². The fourth-order valence-corrected chi connectivity index (χ4v) is 2.45. The molecular weight excluding hydrogens is 200 g/mol. The lowest BCUT2D eigenvalue weighted by atomic mass is 10.1. The number of hydrogen-bond acceptors (Lipinski definition) is 2. The van der Waals surface area contributed by atoms with E-state index in [1.807, 2.05) is 24.3 Å². The van der Waals surface area contributed by atoms with E-state index in [1.165, 1.54) is 6.42 Å². The Morgan fingerprint density at radius 1 is 1.00 bits per heavy atom. The SMILES string of the molecule is O=c1c2c(oc3ccccc13)CCCCC2. The van der Waals surface area contributed by atoms with Crippen molar-refractivity contribution in [2.45, 2.75) is 32.1 Å². The molecule has 2 nitrogen and oxygen atoms in total. The lowest BCUT2D eigenvalue weighted by Crippen LogP contribution is -2.11. The van der Waals surface area contributed by atoms with Crippen LogP contribution >= 0.6 is 0 Å². The summed E-state index contributed by atoms with van der Waals surface area (Å²) in [6.07, 6.45) is 5.22. The molecule has 0 saturated heterocycles. The Kier molecular flexibility index (Phi) is 2.28. The van der Waals surface area contributed by atoms with Crippen LogP contribution in [0.1, 0.15) is 30.6 Å². The molecule has 0 bridgehead atoms. The Labute approximate surface area is 93.9 Å². The Hall–Kier alpha value is -1.57. The molecule has 1 aromatic heterocycles. The van der Waals surface area contributed by atoms with Gasteiger partial charge in [-0.1, -0.05) is 18.6 Å². The molecule has 0 amide bonds. The topological polar surface area (TPSA) is 30.2 Å². The largest absolute Gasteiger partial charge is 0.461 e. The van der Waals surface area contributed by atoms with Crippen LogP contribution in [0.4, 0.5) is 0 Å². The minimum Gasteiger partial charge on any atom is -0.461 e. The molecule has 0 fully saturated rings. The van der Waals surface area contributed by atoms with Crippen molar-refractivity contribution in [1.82, 2.24) is 0 Å². The average molecular weight is 214 g/mol. The molecule has 1 aliphatic carbocycles. The van der Waals surface area contributed by atoms with Crippen molar-refractivity contribution < 1.29 is 4.42 Å². The summed E-state index contributed by atoms with van der Waals surface area (Å²) in [7, 11) is 0. The summed E-state index contributed by atoms with van der Waals surface area (Å²) in [6, 6.07) is 7.53. The lowest BCUT2D eigenvalue weighted by molar-refractivity contribution is 0.524. The summed E-state index contributed by atoms with van der Waals surface area (Å²) in [5.41, 5.74) is 1.82. The van der Waals surface area contributed by atoms with Crippen LogP contribution in [0.2, 0.25) is 0 Å². The fraction of sp³-hybridized carbons (Fsp3) is 0.357. The zero-order valence-electron chi connectivity index (χ0n) is 9.16. The number of hydrogen-bond donors (Lipinski definition) is 0. The molecule has 3 rings (SSSR count). The summed E-state index contributed by atoms with van der Waals surface area (Å²) >= 11 is 0. The predicted molar refractivity (Wildman–Crippen MR) is 63.7 cm³/mol. The maximum Gasteiger partial charge on any atom is 0.196 e. The van der Waals surface area contributed by atoms with Crippen molar-refractivity contribution in [2.75, 3.05) is 0 Å². The number of rotatable bonds is 0. The number of aryl methyl sites for hydroxylation is 1. The van der Waals surface area contributed by atoms with Crippen molar-refractivity contribution in [3.63, 3.8) is 0 Å². The molecule has 2 heteroatoms. The Bertz CT molecular complexity index is 581. The van der Waals surface area contributed by atoms with Gasteiger partial charge in [0.25, 0.3) is 0 Å². The third kappa shape index (κ3) is 1.45. The number of para-hydroxylation sites is 1. The second-order valence-corrected chi connectivity index (χ2v) is 4.39. The summed E-state index contributed by atoms with van der Waals surface area (Å²) in [5.74, 6) is 0.918. The van der Waals surface area contributed by atoms with E-state index in [9.17, 15) is 4.79 Å². The molecular formula is C14H14O2. The second-order valence-electron chi connectivity index (χ2n) is 4.39. The summed E-state index contributed by atoms with van der Waals surface area (Å²) in [6.45, 7) is 0. The number of fused-ring (bicyclic) bond motifs is 2. The van der Waals surface area contributed by atoms with Crippen molar-refractivity contribution in [3.05, 3.63) is 45.8 Å². The van der Waals surface area contributed by atoms with Gasteiger partial charge in [-0.05, 0) is 31.4 Å². The first-order valence-electron chi connectivity index (χ1n) is 5.90. The van der Waals surface area contributed by atoms with E-state index in [-0.39, 0.29) is 5.43 Å². The van der Waals surface area contributed by atoms with E-state index in [4.69, 9.17) is 4.42 Å². The van der Waals surface area contributed by atoms with Crippen LogP contribution in [-0.2, 0) is 12.8 Å². The first-order valence-corrected chi connectivity index (χ1v) is 5.90. The summed E-state index contributed by atoms with van der Waals surface area (Å²) in [5, 5.41) is 0.725. The highest BCUT2D eigenvalue weighted by Crippen LogP contribution is 2.22. The van der Waals surface area contributed by atoms with Crippen molar-refractivity contribution in [1.29, 1.82) is 0 Å². The minimum absolute atomic E-state index is 0.179. The summed E-state index contributed by atoms with van der Waals surface area (Å²) in [4.78, 5) is 12.3. The zero-order valence-corrected chi connectivity index (χ0v) is 9.16. The van der Waals surface area contributed by atoms with Crippen molar-refractivity contribution >= 4 is 11.0 Å². The fourth-order valence-electron chi connectivity index (χ4n) is 2.45. The summed E-state index contributed by atoms with van der Waals surface area (Å²) < 4.78 is 5.85. The second kappa shape index (κ2) is 3.78. The highest BCUT2D eigenvalue weighted by atomic mass is 16.3. The molecule has 0 saturated carbocycles. The van der Waals surface area contributed by atoms with E-state index in [1.54, 1.807) is 0 Å². The molecule has 0 atom stereocenters. The molecule has 82 valence electrons. The van der Waals surface area contributed by atoms with Crippen molar-refractivity contribution in [3.8, 4) is 0 Å². The van der Waals surface area contributed by atoms with Gasteiger partial charge in [0.05, 0.1) is 5.39 Å². The van der Waals surface area contributed by atoms with Crippen LogP contribution in [0.5, 0.6) is 0 Å². The Balaban J connectivity index is 2.34. The molecule has 1 aromatic carbocycles. The Morgan fingerprint density at radius 3 is 2.75 bits per heavy atom. The molecule has 0 radical (unpaired) electrons. The monoisotopic (exact) mass is 214 g/mol. The van der Waals surface area contributed by atoms with Gasteiger partial charge in [0.15, 0.2) is 5.43 Å². The van der Waals surface area contributed by atoms with Gasteiger partial charge in [0.1, 0.15) is 11.3 Å². The maximum atomic E-state index is 12.3. The quantitative estimate of drug-likeness (QED) is 0.631. The van der Waals surface area contributed by atoms with E-state index < -0.39 is 0 Å². The van der Waals surface area contributed by atoms with Gasteiger partial charge in [-0.15, -0.1) is 0 Å².